The molecule has 0 saturated heterocycles. The average Bonchev–Trinajstić information content (AvgIpc) is 3.12. The Bertz CT molecular complexity index is 1000. The van der Waals surface area contributed by atoms with Gasteiger partial charge in [-0.2, -0.15) is 0 Å². The van der Waals surface area contributed by atoms with Crippen LogP contribution in [0.15, 0.2) is 48.0 Å². The van der Waals surface area contributed by atoms with E-state index in [1.54, 1.807) is 11.6 Å². The van der Waals surface area contributed by atoms with Crippen LogP contribution >= 0.6 is 11.3 Å². The van der Waals surface area contributed by atoms with Gasteiger partial charge >= 0.3 is 0 Å². The van der Waals surface area contributed by atoms with Crippen molar-refractivity contribution >= 4 is 44.4 Å². The molecule has 5 nitrogen and oxygen atoms in total. The van der Waals surface area contributed by atoms with Crippen LogP contribution in [0.25, 0.3) is 21.3 Å². The van der Waals surface area contributed by atoms with Crippen LogP contribution in [0.5, 0.6) is 0 Å². The summed E-state index contributed by atoms with van der Waals surface area (Å²) in [5.74, 6) is 0.365. The van der Waals surface area contributed by atoms with Crippen molar-refractivity contribution in [3.8, 4) is 0 Å². The van der Waals surface area contributed by atoms with Gasteiger partial charge in [0.25, 0.3) is 5.91 Å². The highest BCUT2D eigenvalue weighted by molar-refractivity contribution is 7.16. The highest BCUT2D eigenvalue weighted by atomic mass is 32.1. The van der Waals surface area contributed by atoms with Crippen LogP contribution in [0.3, 0.4) is 0 Å². The van der Waals surface area contributed by atoms with E-state index in [2.05, 4.69) is 15.3 Å². The summed E-state index contributed by atoms with van der Waals surface area (Å²) in [6.07, 6.45) is 0. The van der Waals surface area contributed by atoms with Crippen molar-refractivity contribution in [1.82, 2.24) is 14.5 Å². The molecule has 0 atom stereocenters. The van der Waals surface area contributed by atoms with Crippen LogP contribution in [0.4, 0.5) is 5.95 Å². The normalized spacial score (nSPS) is 11.1. The standard InChI is InChI=1S/C16H12N4OS/c1-20-13-5-3-2-4-11(13)18-16(20)19-15(21)10-6-7-12-14(8-10)22-9-17-12/h2-9H,1H3,(H,18,19,21). The Morgan fingerprint density at radius 2 is 2.05 bits per heavy atom. The lowest BCUT2D eigenvalue weighted by Gasteiger charge is -2.05. The van der Waals surface area contributed by atoms with Gasteiger partial charge in [-0.15, -0.1) is 11.3 Å². The average molecular weight is 308 g/mol. The zero-order chi connectivity index (χ0) is 15.1. The Morgan fingerprint density at radius 3 is 2.91 bits per heavy atom. The number of fused-ring (bicyclic) bond motifs is 2. The molecular weight excluding hydrogens is 296 g/mol. The second-order valence-electron chi connectivity index (χ2n) is 4.97. The quantitative estimate of drug-likeness (QED) is 0.617. The summed E-state index contributed by atoms with van der Waals surface area (Å²) in [5, 5.41) is 2.87. The molecule has 2 aromatic carbocycles. The predicted octanol–water partition coefficient (Wildman–Crippen LogP) is 3.44. The number of nitrogens with one attached hydrogen (secondary N) is 1. The number of thiazole rings is 1. The molecule has 1 amide bonds. The Balaban J connectivity index is 1.69. The van der Waals surface area contributed by atoms with Crippen LogP contribution in [-0.2, 0) is 7.05 Å². The first kappa shape index (κ1) is 13.0. The molecule has 1 N–H and O–H groups in total. The molecule has 0 radical (unpaired) electrons. The lowest BCUT2D eigenvalue weighted by molar-refractivity contribution is 0.102. The van der Waals surface area contributed by atoms with Crippen LogP contribution in [0.2, 0.25) is 0 Å². The van der Waals surface area contributed by atoms with Crippen molar-refractivity contribution in [2.45, 2.75) is 0 Å². The van der Waals surface area contributed by atoms with Gasteiger partial charge in [0.05, 0.1) is 26.8 Å². The second kappa shape index (κ2) is 4.92. The first-order valence-electron chi connectivity index (χ1n) is 6.78. The minimum atomic E-state index is -0.172. The Hall–Kier alpha value is -2.73. The summed E-state index contributed by atoms with van der Waals surface area (Å²) >= 11 is 1.52. The van der Waals surface area contributed by atoms with E-state index in [4.69, 9.17) is 0 Å². The molecular formula is C16H12N4OS. The zero-order valence-corrected chi connectivity index (χ0v) is 12.6. The van der Waals surface area contributed by atoms with Crippen molar-refractivity contribution in [3.63, 3.8) is 0 Å². The maximum atomic E-state index is 12.4. The topological polar surface area (TPSA) is 59.8 Å². The summed E-state index contributed by atoms with van der Waals surface area (Å²) in [6, 6.07) is 13.3. The molecule has 0 unspecified atom stereocenters. The van der Waals surface area contributed by atoms with Gasteiger partial charge in [-0.25, -0.2) is 9.97 Å². The van der Waals surface area contributed by atoms with Gasteiger partial charge in [-0.3, -0.25) is 10.1 Å². The number of nitrogens with zero attached hydrogens (tertiary/aromatic N) is 3. The lowest BCUT2D eigenvalue weighted by Crippen LogP contribution is -2.14. The van der Waals surface area contributed by atoms with E-state index in [1.165, 1.54) is 11.3 Å². The van der Waals surface area contributed by atoms with E-state index < -0.39 is 0 Å². The smallest absolute Gasteiger partial charge is 0.258 e. The van der Waals surface area contributed by atoms with Gasteiger partial charge in [0.1, 0.15) is 0 Å². The number of amides is 1. The largest absolute Gasteiger partial charge is 0.313 e. The third-order valence-electron chi connectivity index (χ3n) is 3.61. The van der Waals surface area contributed by atoms with Gasteiger partial charge in [-0.1, -0.05) is 12.1 Å². The molecule has 0 spiro atoms. The third kappa shape index (κ3) is 2.05. The fourth-order valence-electron chi connectivity index (χ4n) is 2.43. The summed E-state index contributed by atoms with van der Waals surface area (Å²) < 4.78 is 2.87. The number of carbonyl (C=O) groups excluding carboxylic acids is 1. The molecule has 6 heteroatoms. The van der Waals surface area contributed by atoms with Crippen molar-refractivity contribution in [1.29, 1.82) is 0 Å². The zero-order valence-electron chi connectivity index (χ0n) is 11.8. The molecule has 2 aromatic heterocycles. The predicted molar refractivity (Wildman–Crippen MR) is 88.3 cm³/mol. The highest BCUT2D eigenvalue weighted by Gasteiger charge is 2.12. The van der Waals surface area contributed by atoms with E-state index in [0.717, 1.165) is 21.3 Å². The Labute approximate surface area is 130 Å². The molecule has 0 saturated carbocycles. The first-order valence-corrected chi connectivity index (χ1v) is 7.66. The van der Waals surface area contributed by atoms with E-state index in [-0.39, 0.29) is 5.91 Å². The number of hydrogen-bond acceptors (Lipinski definition) is 4. The molecule has 0 aliphatic rings. The summed E-state index contributed by atoms with van der Waals surface area (Å²) in [4.78, 5) is 21.1. The molecule has 0 aliphatic heterocycles. The van der Waals surface area contributed by atoms with Crippen molar-refractivity contribution in [2.24, 2.45) is 7.05 Å². The number of para-hydroxylation sites is 2. The van der Waals surface area contributed by atoms with E-state index in [1.807, 2.05) is 48.0 Å². The molecule has 108 valence electrons. The molecule has 4 rings (SSSR count). The minimum absolute atomic E-state index is 0.172. The van der Waals surface area contributed by atoms with Crippen molar-refractivity contribution in [3.05, 3.63) is 53.5 Å². The van der Waals surface area contributed by atoms with Crippen LogP contribution in [0, 0.1) is 0 Å². The van der Waals surface area contributed by atoms with Crippen LogP contribution in [0.1, 0.15) is 10.4 Å². The number of hydrogen-bond donors (Lipinski definition) is 1. The molecule has 2 heterocycles. The first-order chi connectivity index (χ1) is 10.7. The van der Waals surface area contributed by atoms with E-state index in [0.29, 0.717) is 11.5 Å². The SMILES string of the molecule is Cn1c(NC(=O)c2ccc3ncsc3c2)nc2ccccc21. The Kier molecular flexibility index (Phi) is 2.90. The van der Waals surface area contributed by atoms with Gasteiger partial charge in [0.2, 0.25) is 5.95 Å². The van der Waals surface area contributed by atoms with Gasteiger partial charge in [0, 0.05) is 12.6 Å². The highest BCUT2D eigenvalue weighted by Crippen LogP contribution is 2.21. The van der Waals surface area contributed by atoms with Gasteiger partial charge in [0.15, 0.2) is 0 Å². The number of anilines is 1. The molecule has 0 fully saturated rings. The van der Waals surface area contributed by atoms with E-state index >= 15 is 0 Å². The number of carbonyl (C=O) groups is 1. The number of rotatable bonds is 2. The summed E-state index contributed by atoms with van der Waals surface area (Å²) in [5.41, 5.74) is 5.12. The van der Waals surface area contributed by atoms with Crippen LogP contribution in [-0.4, -0.2) is 20.4 Å². The number of benzene rings is 2. The maximum Gasteiger partial charge on any atom is 0.258 e. The third-order valence-corrected chi connectivity index (χ3v) is 4.40. The van der Waals surface area contributed by atoms with Gasteiger partial charge < -0.3 is 4.57 Å². The second-order valence-corrected chi connectivity index (χ2v) is 5.86. The molecule has 0 bridgehead atoms. The summed E-state index contributed by atoms with van der Waals surface area (Å²) in [7, 11) is 1.89. The number of imidazole rings is 1. The van der Waals surface area contributed by atoms with Crippen molar-refractivity contribution in [2.75, 3.05) is 5.32 Å². The van der Waals surface area contributed by atoms with Gasteiger partial charge in [-0.05, 0) is 30.3 Å². The minimum Gasteiger partial charge on any atom is -0.313 e. The monoisotopic (exact) mass is 308 g/mol. The number of aromatic nitrogens is 3. The number of aryl methyl sites for hydroxylation is 1. The fraction of sp³-hybridized carbons (Fsp3) is 0.0625. The molecule has 0 aliphatic carbocycles. The maximum absolute atomic E-state index is 12.4. The summed E-state index contributed by atoms with van der Waals surface area (Å²) in [6.45, 7) is 0. The Morgan fingerprint density at radius 1 is 1.18 bits per heavy atom. The molecule has 4 aromatic rings. The molecule has 22 heavy (non-hydrogen) atoms. The lowest BCUT2D eigenvalue weighted by atomic mass is 10.2. The van der Waals surface area contributed by atoms with Crippen LogP contribution < -0.4 is 5.32 Å². The van der Waals surface area contributed by atoms with Crippen molar-refractivity contribution < 1.29 is 4.79 Å². The van der Waals surface area contributed by atoms with E-state index in [9.17, 15) is 4.79 Å². The fourth-order valence-corrected chi connectivity index (χ4v) is 3.14.